The van der Waals surface area contributed by atoms with E-state index in [1.807, 2.05) is 30.3 Å². The average molecular weight is 279 g/mol. The number of hydrogen-bond acceptors (Lipinski definition) is 4. The summed E-state index contributed by atoms with van der Waals surface area (Å²) in [7, 11) is 1.60. The quantitative estimate of drug-likeness (QED) is 0.748. The van der Waals surface area contributed by atoms with Gasteiger partial charge in [-0.3, -0.25) is 14.8 Å². The van der Waals surface area contributed by atoms with E-state index in [-0.39, 0.29) is 5.49 Å². The summed E-state index contributed by atoms with van der Waals surface area (Å²) < 4.78 is 6.79. The lowest BCUT2D eigenvalue weighted by molar-refractivity contribution is 0.112. The van der Waals surface area contributed by atoms with E-state index in [1.54, 1.807) is 30.0 Å². The van der Waals surface area contributed by atoms with Crippen molar-refractivity contribution in [1.29, 1.82) is 5.41 Å². The number of aromatic nitrogens is 2. The Morgan fingerprint density at radius 3 is 2.67 bits per heavy atom. The fourth-order valence-corrected chi connectivity index (χ4v) is 2.25. The molecule has 3 rings (SSSR count). The topological polar surface area (TPSA) is 68.0 Å². The Labute approximate surface area is 121 Å². The van der Waals surface area contributed by atoms with Crippen molar-refractivity contribution in [1.82, 2.24) is 9.55 Å². The second-order valence-corrected chi connectivity index (χ2v) is 4.52. The Balaban J connectivity index is 2.36. The van der Waals surface area contributed by atoms with Crippen LogP contribution in [0.15, 0.2) is 48.7 Å². The van der Waals surface area contributed by atoms with E-state index in [0.717, 1.165) is 16.8 Å². The first-order chi connectivity index (χ1) is 10.2. The monoisotopic (exact) mass is 279 g/mol. The molecule has 1 N–H and O–H groups in total. The van der Waals surface area contributed by atoms with Crippen LogP contribution in [0.5, 0.6) is 5.75 Å². The summed E-state index contributed by atoms with van der Waals surface area (Å²) >= 11 is 0. The van der Waals surface area contributed by atoms with Gasteiger partial charge >= 0.3 is 0 Å². The van der Waals surface area contributed by atoms with Crippen LogP contribution in [0.3, 0.4) is 0 Å². The van der Waals surface area contributed by atoms with E-state index < -0.39 is 0 Å². The van der Waals surface area contributed by atoms with Crippen LogP contribution in [0, 0.1) is 5.41 Å². The molecule has 0 spiro atoms. The molecule has 0 fully saturated rings. The number of nitrogens with one attached hydrogen (secondary N) is 1. The van der Waals surface area contributed by atoms with Crippen LogP contribution in [0.2, 0.25) is 0 Å². The maximum Gasteiger partial charge on any atom is 0.153 e. The lowest BCUT2D eigenvalue weighted by Gasteiger charge is -2.12. The van der Waals surface area contributed by atoms with E-state index in [0.29, 0.717) is 17.5 Å². The summed E-state index contributed by atoms with van der Waals surface area (Å²) in [5.41, 5.74) is 1.83. The molecule has 0 unspecified atom stereocenters. The van der Waals surface area contributed by atoms with Gasteiger partial charge in [0.05, 0.1) is 12.7 Å². The third-order valence-electron chi connectivity index (χ3n) is 3.29. The molecule has 5 heteroatoms. The Hall–Kier alpha value is -2.95. The maximum atomic E-state index is 11.2. The molecule has 3 aromatic rings. The van der Waals surface area contributed by atoms with Crippen LogP contribution in [-0.2, 0) is 0 Å². The number of methoxy groups -OCH3 is 1. The Morgan fingerprint density at radius 1 is 1.24 bits per heavy atom. The van der Waals surface area contributed by atoms with Crippen molar-refractivity contribution in [3.63, 3.8) is 0 Å². The molecule has 5 nitrogen and oxygen atoms in total. The van der Waals surface area contributed by atoms with Gasteiger partial charge in [0.2, 0.25) is 0 Å². The van der Waals surface area contributed by atoms with Crippen molar-refractivity contribution in [2.45, 2.75) is 0 Å². The minimum atomic E-state index is 0.112. The third kappa shape index (κ3) is 2.18. The SMILES string of the molecule is COc1ccc(-n2c(=N)c(C=O)cc3cccnc32)cc1. The van der Waals surface area contributed by atoms with Gasteiger partial charge in [-0.05, 0) is 42.5 Å². The first-order valence-corrected chi connectivity index (χ1v) is 6.39. The number of ether oxygens (including phenoxy) is 1. The predicted octanol–water partition coefficient (Wildman–Crippen LogP) is 2.33. The molecule has 21 heavy (non-hydrogen) atoms. The molecule has 0 radical (unpaired) electrons. The summed E-state index contributed by atoms with van der Waals surface area (Å²) in [6.45, 7) is 0. The van der Waals surface area contributed by atoms with Gasteiger partial charge in [-0.2, -0.15) is 0 Å². The van der Waals surface area contributed by atoms with E-state index in [2.05, 4.69) is 4.98 Å². The minimum Gasteiger partial charge on any atom is -0.497 e. The summed E-state index contributed by atoms with van der Waals surface area (Å²) in [4.78, 5) is 15.5. The number of carbonyl (C=O) groups excluding carboxylic acids is 1. The number of hydrogen-bond donors (Lipinski definition) is 1. The van der Waals surface area contributed by atoms with Crippen LogP contribution >= 0.6 is 0 Å². The molecule has 0 aliphatic carbocycles. The number of carbonyl (C=O) groups is 1. The Kier molecular flexibility index (Phi) is 3.23. The van der Waals surface area contributed by atoms with Crippen LogP contribution in [-0.4, -0.2) is 22.9 Å². The van der Waals surface area contributed by atoms with Crippen molar-refractivity contribution in [2.24, 2.45) is 0 Å². The zero-order chi connectivity index (χ0) is 14.8. The summed E-state index contributed by atoms with van der Waals surface area (Å²) in [5, 5.41) is 9.04. The zero-order valence-corrected chi connectivity index (χ0v) is 11.4. The van der Waals surface area contributed by atoms with Crippen molar-refractivity contribution >= 4 is 17.3 Å². The number of nitrogens with zero attached hydrogens (tertiary/aromatic N) is 2. The highest BCUT2D eigenvalue weighted by Gasteiger charge is 2.09. The van der Waals surface area contributed by atoms with Crippen molar-refractivity contribution < 1.29 is 9.53 Å². The highest BCUT2D eigenvalue weighted by Crippen LogP contribution is 2.18. The van der Waals surface area contributed by atoms with E-state index in [1.165, 1.54) is 0 Å². The highest BCUT2D eigenvalue weighted by atomic mass is 16.5. The van der Waals surface area contributed by atoms with Gasteiger partial charge in [0.25, 0.3) is 0 Å². The summed E-state index contributed by atoms with van der Waals surface area (Å²) in [6, 6.07) is 12.6. The predicted molar refractivity (Wildman–Crippen MR) is 78.9 cm³/mol. The Bertz CT molecular complexity index is 867. The second kappa shape index (κ2) is 5.20. The summed E-state index contributed by atoms with van der Waals surface area (Å²) in [6.07, 6.45) is 2.36. The molecule has 104 valence electrons. The highest BCUT2D eigenvalue weighted by molar-refractivity contribution is 5.85. The smallest absolute Gasteiger partial charge is 0.153 e. The van der Waals surface area contributed by atoms with Crippen molar-refractivity contribution in [2.75, 3.05) is 7.11 Å². The van der Waals surface area contributed by atoms with Gasteiger partial charge in [-0.15, -0.1) is 0 Å². The molecule has 2 aromatic heterocycles. The lowest BCUT2D eigenvalue weighted by Crippen LogP contribution is -2.23. The fourth-order valence-electron chi connectivity index (χ4n) is 2.25. The lowest BCUT2D eigenvalue weighted by atomic mass is 10.2. The molecule has 0 saturated carbocycles. The van der Waals surface area contributed by atoms with Crippen molar-refractivity contribution in [3.8, 4) is 11.4 Å². The minimum absolute atomic E-state index is 0.112. The average Bonchev–Trinajstić information content (AvgIpc) is 2.54. The first-order valence-electron chi connectivity index (χ1n) is 6.39. The molecule has 0 aliphatic rings. The van der Waals surface area contributed by atoms with E-state index in [9.17, 15) is 4.79 Å². The number of rotatable bonds is 3. The molecule has 0 bridgehead atoms. The molecular formula is C16H13N3O2. The van der Waals surface area contributed by atoms with Crippen LogP contribution < -0.4 is 10.2 Å². The second-order valence-electron chi connectivity index (χ2n) is 4.52. The van der Waals surface area contributed by atoms with Crippen LogP contribution in [0.4, 0.5) is 0 Å². The van der Waals surface area contributed by atoms with E-state index in [4.69, 9.17) is 10.1 Å². The van der Waals surface area contributed by atoms with Crippen molar-refractivity contribution in [3.05, 3.63) is 59.7 Å². The van der Waals surface area contributed by atoms with Gasteiger partial charge in [0.15, 0.2) is 6.29 Å². The van der Waals surface area contributed by atoms with Crippen LogP contribution in [0.1, 0.15) is 10.4 Å². The normalized spacial score (nSPS) is 10.5. The van der Waals surface area contributed by atoms with Gasteiger partial charge in [-0.1, -0.05) is 0 Å². The molecule has 0 saturated heterocycles. The molecular weight excluding hydrogens is 266 g/mol. The maximum absolute atomic E-state index is 11.2. The molecule has 2 heterocycles. The largest absolute Gasteiger partial charge is 0.497 e. The van der Waals surface area contributed by atoms with Gasteiger partial charge in [0.1, 0.15) is 16.9 Å². The third-order valence-corrected chi connectivity index (χ3v) is 3.29. The molecule has 0 atom stereocenters. The van der Waals surface area contributed by atoms with E-state index >= 15 is 0 Å². The van der Waals surface area contributed by atoms with Crippen LogP contribution in [0.25, 0.3) is 16.7 Å². The number of aldehydes is 1. The number of fused-ring (bicyclic) bond motifs is 1. The molecule has 0 aliphatic heterocycles. The zero-order valence-electron chi connectivity index (χ0n) is 11.4. The summed E-state index contributed by atoms with van der Waals surface area (Å²) in [5.74, 6) is 0.731. The fraction of sp³-hybridized carbons (Fsp3) is 0.0625. The van der Waals surface area contributed by atoms with Gasteiger partial charge < -0.3 is 4.74 Å². The van der Waals surface area contributed by atoms with Gasteiger partial charge in [-0.25, -0.2) is 4.98 Å². The first kappa shape index (κ1) is 13.1. The Morgan fingerprint density at radius 2 is 2.00 bits per heavy atom. The molecule has 1 aromatic carbocycles. The van der Waals surface area contributed by atoms with Gasteiger partial charge in [0, 0.05) is 17.3 Å². The number of pyridine rings is 2. The molecule has 0 amide bonds. The number of benzene rings is 1. The standard InChI is InChI=1S/C16H13N3O2/c1-21-14-6-4-13(5-7-14)19-15(17)12(10-20)9-11-3-2-8-18-16(11)19/h2-10,17H,1H3.